The van der Waals surface area contributed by atoms with E-state index in [0.717, 1.165) is 35.4 Å². The minimum Gasteiger partial charge on any atom is -0.440 e. The number of hydrogen-bond donors (Lipinski definition) is 0. The molecule has 0 atom stereocenters. The van der Waals surface area contributed by atoms with Crippen LogP contribution < -0.4 is 0 Å². The first-order valence-electron chi connectivity index (χ1n) is 9.85. The SMILES string of the molecule is O=C(c1cn(Cc2ccccc2)nn1)N1CCC(c2nc3ccccc3o2)CC1. The lowest BCUT2D eigenvalue weighted by Crippen LogP contribution is -2.38. The van der Waals surface area contributed by atoms with E-state index in [1.807, 2.05) is 59.5 Å². The summed E-state index contributed by atoms with van der Waals surface area (Å²) in [4.78, 5) is 19.3. The van der Waals surface area contributed by atoms with E-state index in [1.165, 1.54) is 0 Å². The Balaban J connectivity index is 1.22. The number of oxazole rings is 1. The second-order valence-corrected chi connectivity index (χ2v) is 7.37. The molecule has 146 valence electrons. The van der Waals surface area contributed by atoms with Gasteiger partial charge in [-0.05, 0) is 30.5 Å². The Hall–Kier alpha value is -3.48. The molecule has 0 N–H and O–H groups in total. The summed E-state index contributed by atoms with van der Waals surface area (Å²) in [6.45, 7) is 1.92. The highest BCUT2D eigenvalue weighted by atomic mass is 16.3. The van der Waals surface area contributed by atoms with Crippen LogP contribution in [-0.2, 0) is 6.54 Å². The molecule has 7 heteroatoms. The molecule has 0 radical (unpaired) electrons. The quantitative estimate of drug-likeness (QED) is 0.536. The molecule has 4 aromatic rings. The van der Waals surface area contributed by atoms with Crippen molar-refractivity contribution in [3.8, 4) is 0 Å². The number of piperidine rings is 1. The van der Waals surface area contributed by atoms with Crippen molar-refractivity contribution in [2.24, 2.45) is 0 Å². The average Bonchev–Trinajstić information content (AvgIpc) is 3.41. The summed E-state index contributed by atoms with van der Waals surface area (Å²) in [5.74, 6) is 0.938. The lowest BCUT2D eigenvalue weighted by Gasteiger charge is -2.29. The summed E-state index contributed by atoms with van der Waals surface area (Å²) in [6.07, 6.45) is 3.38. The molecule has 0 unspecified atom stereocenters. The first kappa shape index (κ1) is 17.6. The highest BCUT2D eigenvalue weighted by Crippen LogP contribution is 2.30. The molecular weight excluding hydrogens is 366 g/mol. The molecule has 29 heavy (non-hydrogen) atoms. The van der Waals surface area contributed by atoms with Crippen molar-refractivity contribution in [3.63, 3.8) is 0 Å². The van der Waals surface area contributed by atoms with Gasteiger partial charge in [-0.2, -0.15) is 0 Å². The van der Waals surface area contributed by atoms with E-state index in [2.05, 4.69) is 15.3 Å². The van der Waals surface area contributed by atoms with Crippen molar-refractivity contribution in [1.29, 1.82) is 0 Å². The Bertz CT molecular complexity index is 1090. The second kappa shape index (κ2) is 7.50. The average molecular weight is 387 g/mol. The molecule has 0 bridgehead atoms. The molecule has 0 spiro atoms. The van der Waals surface area contributed by atoms with Gasteiger partial charge in [0.15, 0.2) is 17.2 Å². The Labute approximate surface area is 168 Å². The van der Waals surface area contributed by atoms with Crippen LogP contribution in [-0.4, -0.2) is 43.9 Å². The van der Waals surface area contributed by atoms with Crippen LogP contribution in [0.3, 0.4) is 0 Å². The molecule has 1 saturated heterocycles. The standard InChI is InChI=1S/C22H21N5O2/c28-22(19-15-27(25-24-19)14-16-6-2-1-3-7-16)26-12-10-17(11-13-26)21-23-18-8-4-5-9-20(18)29-21/h1-9,15,17H,10-14H2. The topological polar surface area (TPSA) is 77.1 Å². The van der Waals surface area contributed by atoms with Gasteiger partial charge in [0.1, 0.15) is 5.52 Å². The fraction of sp³-hybridized carbons (Fsp3) is 0.273. The van der Waals surface area contributed by atoms with Crippen LogP contribution in [0, 0.1) is 0 Å². The number of carbonyl (C=O) groups is 1. The van der Waals surface area contributed by atoms with Crippen molar-refractivity contribution in [2.75, 3.05) is 13.1 Å². The van der Waals surface area contributed by atoms with E-state index in [-0.39, 0.29) is 11.8 Å². The smallest absolute Gasteiger partial charge is 0.276 e. The summed E-state index contributed by atoms with van der Waals surface area (Å²) in [7, 11) is 0. The Kier molecular flexibility index (Phi) is 4.56. The molecule has 1 aliphatic rings. The largest absolute Gasteiger partial charge is 0.440 e. The molecule has 3 heterocycles. The Morgan fingerprint density at radius 3 is 2.59 bits per heavy atom. The van der Waals surface area contributed by atoms with Gasteiger partial charge >= 0.3 is 0 Å². The monoisotopic (exact) mass is 387 g/mol. The van der Waals surface area contributed by atoms with Gasteiger partial charge in [0.2, 0.25) is 0 Å². The maximum absolute atomic E-state index is 12.8. The van der Waals surface area contributed by atoms with Crippen LogP contribution >= 0.6 is 0 Å². The molecule has 7 nitrogen and oxygen atoms in total. The summed E-state index contributed by atoms with van der Waals surface area (Å²) in [5.41, 5.74) is 3.21. The van der Waals surface area contributed by atoms with E-state index in [4.69, 9.17) is 4.42 Å². The molecule has 1 fully saturated rings. The van der Waals surface area contributed by atoms with Crippen LogP contribution in [0.5, 0.6) is 0 Å². The molecular formula is C22H21N5O2. The van der Waals surface area contributed by atoms with Gasteiger partial charge in [-0.3, -0.25) is 4.79 Å². The number of benzene rings is 2. The van der Waals surface area contributed by atoms with Crippen molar-refractivity contribution in [2.45, 2.75) is 25.3 Å². The number of fused-ring (bicyclic) bond motifs is 1. The molecule has 0 aliphatic carbocycles. The number of rotatable bonds is 4. The van der Waals surface area contributed by atoms with Crippen LogP contribution in [0.1, 0.15) is 40.7 Å². The van der Waals surface area contributed by atoms with Crippen LogP contribution in [0.25, 0.3) is 11.1 Å². The Morgan fingerprint density at radius 1 is 1.03 bits per heavy atom. The van der Waals surface area contributed by atoms with Crippen molar-refractivity contribution in [1.82, 2.24) is 24.9 Å². The number of aromatic nitrogens is 4. The van der Waals surface area contributed by atoms with E-state index >= 15 is 0 Å². The number of carbonyl (C=O) groups excluding carboxylic acids is 1. The summed E-state index contributed by atoms with van der Waals surface area (Å²) in [5, 5.41) is 8.19. The number of para-hydroxylation sites is 2. The van der Waals surface area contributed by atoms with Crippen molar-refractivity contribution >= 4 is 17.0 Å². The van der Waals surface area contributed by atoms with Crippen molar-refractivity contribution < 1.29 is 9.21 Å². The number of amides is 1. The zero-order valence-corrected chi connectivity index (χ0v) is 15.9. The number of likely N-dealkylation sites (tertiary alicyclic amines) is 1. The summed E-state index contributed by atoms with van der Waals surface area (Å²) < 4.78 is 7.61. The molecule has 1 amide bonds. The third kappa shape index (κ3) is 3.63. The molecule has 5 rings (SSSR count). The van der Waals surface area contributed by atoms with E-state index in [9.17, 15) is 4.79 Å². The lowest BCUT2D eigenvalue weighted by atomic mass is 9.96. The van der Waals surface area contributed by atoms with Crippen LogP contribution in [0.15, 0.2) is 65.2 Å². The Morgan fingerprint density at radius 2 is 1.79 bits per heavy atom. The highest BCUT2D eigenvalue weighted by Gasteiger charge is 2.28. The molecule has 1 aliphatic heterocycles. The fourth-order valence-electron chi connectivity index (χ4n) is 3.80. The zero-order valence-electron chi connectivity index (χ0n) is 15.9. The van der Waals surface area contributed by atoms with Gasteiger partial charge in [0, 0.05) is 19.0 Å². The summed E-state index contributed by atoms with van der Waals surface area (Å²) in [6, 6.07) is 17.8. The molecule has 0 saturated carbocycles. The first-order valence-corrected chi connectivity index (χ1v) is 9.85. The van der Waals surface area contributed by atoms with Crippen LogP contribution in [0.2, 0.25) is 0 Å². The normalized spacial score (nSPS) is 15.1. The van der Waals surface area contributed by atoms with E-state index in [1.54, 1.807) is 10.9 Å². The van der Waals surface area contributed by atoms with Gasteiger partial charge in [0.25, 0.3) is 5.91 Å². The maximum Gasteiger partial charge on any atom is 0.276 e. The maximum atomic E-state index is 12.8. The predicted octanol–water partition coefficient (Wildman–Crippen LogP) is 3.49. The third-order valence-corrected chi connectivity index (χ3v) is 5.39. The predicted molar refractivity (Wildman–Crippen MR) is 107 cm³/mol. The first-order chi connectivity index (χ1) is 14.3. The second-order valence-electron chi connectivity index (χ2n) is 7.37. The van der Waals surface area contributed by atoms with Crippen molar-refractivity contribution in [3.05, 3.63) is 77.9 Å². The van der Waals surface area contributed by atoms with Gasteiger partial charge in [-0.25, -0.2) is 9.67 Å². The zero-order chi connectivity index (χ0) is 19.6. The van der Waals surface area contributed by atoms with Gasteiger partial charge in [0.05, 0.1) is 12.7 Å². The highest BCUT2D eigenvalue weighted by molar-refractivity contribution is 5.92. The van der Waals surface area contributed by atoms with Gasteiger partial charge in [-0.1, -0.05) is 47.7 Å². The number of nitrogens with zero attached hydrogens (tertiary/aromatic N) is 5. The molecule has 2 aromatic carbocycles. The van der Waals surface area contributed by atoms with Crippen LogP contribution in [0.4, 0.5) is 0 Å². The van der Waals surface area contributed by atoms with E-state index in [0.29, 0.717) is 25.3 Å². The fourth-order valence-corrected chi connectivity index (χ4v) is 3.80. The lowest BCUT2D eigenvalue weighted by molar-refractivity contribution is 0.0700. The van der Waals surface area contributed by atoms with Gasteiger partial charge < -0.3 is 9.32 Å². The number of hydrogen-bond acceptors (Lipinski definition) is 5. The third-order valence-electron chi connectivity index (χ3n) is 5.39. The minimum absolute atomic E-state index is 0.0691. The molecule has 2 aromatic heterocycles. The minimum atomic E-state index is -0.0691. The summed E-state index contributed by atoms with van der Waals surface area (Å²) >= 11 is 0. The van der Waals surface area contributed by atoms with E-state index < -0.39 is 0 Å². The van der Waals surface area contributed by atoms with Gasteiger partial charge in [-0.15, -0.1) is 5.10 Å².